The number of carbonyl (C=O) groups is 2. The smallest absolute Gasteiger partial charge is 0.306 e. The average Bonchev–Trinajstić information content (AvgIpc) is 2.48. The maximum atomic E-state index is 12.1. The molecule has 2 aromatic rings. The van der Waals surface area contributed by atoms with Crippen molar-refractivity contribution in [1.82, 2.24) is 10.4 Å². The van der Waals surface area contributed by atoms with Crippen molar-refractivity contribution in [1.29, 1.82) is 0 Å². The van der Waals surface area contributed by atoms with Crippen molar-refractivity contribution in [2.45, 2.75) is 6.92 Å². The van der Waals surface area contributed by atoms with Gasteiger partial charge in [0.05, 0.1) is 0 Å². The highest BCUT2D eigenvalue weighted by atomic mass is 16.2. The maximum absolute atomic E-state index is 12.1. The van der Waals surface area contributed by atoms with Crippen molar-refractivity contribution < 1.29 is 9.59 Å². The van der Waals surface area contributed by atoms with Crippen LogP contribution in [0.25, 0.3) is 0 Å². The van der Waals surface area contributed by atoms with Crippen molar-refractivity contribution in [2.75, 3.05) is 12.4 Å². The Balaban J connectivity index is 1.98. The van der Waals surface area contributed by atoms with E-state index in [-0.39, 0.29) is 5.91 Å². The monoisotopic (exact) mass is 283 g/mol. The van der Waals surface area contributed by atoms with Crippen LogP contribution < -0.4 is 10.7 Å². The van der Waals surface area contributed by atoms with Crippen LogP contribution in [0.5, 0.6) is 0 Å². The zero-order valence-corrected chi connectivity index (χ0v) is 12.0. The van der Waals surface area contributed by atoms with Crippen LogP contribution in [0.15, 0.2) is 54.6 Å². The number of rotatable bonds is 2. The van der Waals surface area contributed by atoms with Gasteiger partial charge in [0.1, 0.15) is 0 Å². The minimum atomic E-state index is -0.414. The van der Waals surface area contributed by atoms with E-state index < -0.39 is 6.03 Å². The van der Waals surface area contributed by atoms with Crippen LogP contribution in [-0.2, 0) is 0 Å². The number of hydrazine groups is 1. The first-order valence-corrected chi connectivity index (χ1v) is 6.54. The zero-order valence-electron chi connectivity index (χ0n) is 12.0. The molecule has 0 fully saturated rings. The standard InChI is InChI=1S/C16H17N3O2/c1-12-8-6-7-11-14(12)15(20)18-19(2)16(21)17-13-9-4-3-5-10-13/h3-11H,1-2H3,(H,17,21)(H,18,20). The molecule has 0 atom stereocenters. The van der Waals surface area contributed by atoms with E-state index in [1.165, 1.54) is 7.05 Å². The van der Waals surface area contributed by atoms with Crippen LogP contribution in [-0.4, -0.2) is 24.0 Å². The molecule has 108 valence electrons. The van der Waals surface area contributed by atoms with Crippen LogP contribution in [0.3, 0.4) is 0 Å². The number of carbonyl (C=O) groups excluding carboxylic acids is 2. The Kier molecular flexibility index (Phi) is 4.56. The van der Waals surface area contributed by atoms with Crippen LogP contribution in [0, 0.1) is 6.92 Å². The molecule has 0 spiro atoms. The summed E-state index contributed by atoms with van der Waals surface area (Å²) in [5.41, 5.74) is 4.60. The topological polar surface area (TPSA) is 61.4 Å². The summed E-state index contributed by atoms with van der Waals surface area (Å²) in [4.78, 5) is 24.1. The van der Waals surface area contributed by atoms with Crippen LogP contribution in [0.1, 0.15) is 15.9 Å². The van der Waals surface area contributed by atoms with Crippen LogP contribution in [0.2, 0.25) is 0 Å². The third-order valence-corrected chi connectivity index (χ3v) is 2.99. The molecule has 0 aromatic heterocycles. The van der Waals surface area contributed by atoms with Crippen molar-refractivity contribution in [2.24, 2.45) is 0 Å². The molecule has 0 aliphatic carbocycles. The highest BCUT2D eigenvalue weighted by molar-refractivity contribution is 5.98. The van der Waals surface area contributed by atoms with Gasteiger partial charge in [-0.3, -0.25) is 10.2 Å². The number of nitrogens with zero attached hydrogens (tertiary/aromatic N) is 1. The fourth-order valence-electron chi connectivity index (χ4n) is 1.82. The summed E-state index contributed by atoms with van der Waals surface area (Å²) in [6.07, 6.45) is 0. The summed E-state index contributed by atoms with van der Waals surface area (Å²) in [5.74, 6) is -0.321. The Morgan fingerprint density at radius 3 is 2.24 bits per heavy atom. The van der Waals surface area contributed by atoms with Crippen molar-refractivity contribution in [3.05, 3.63) is 65.7 Å². The summed E-state index contributed by atoms with van der Waals surface area (Å²) in [6.45, 7) is 1.85. The van der Waals surface area contributed by atoms with Gasteiger partial charge in [0.25, 0.3) is 5.91 Å². The van der Waals surface area contributed by atoms with Gasteiger partial charge < -0.3 is 5.32 Å². The predicted molar refractivity (Wildman–Crippen MR) is 81.9 cm³/mol. The lowest BCUT2D eigenvalue weighted by Gasteiger charge is -2.19. The molecule has 0 saturated carbocycles. The van der Waals surface area contributed by atoms with E-state index in [1.54, 1.807) is 24.3 Å². The van der Waals surface area contributed by atoms with Crippen molar-refractivity contribution >= 4 is 17.6 Å². The molecule has 2 rings (SSSR count). The molecule has 2 N–H and O–H groups in total. The van der Waals surface area contributed by atoms with E-state index in [4.69, 9.17) is 0 Å². The number of hydrogen-bond acceptors (Lipinski definition) is 2. The van der Waals surface area contributed by atoms with Gasteiger partial charge in [-0.25, -0.2) is 9.80 Å². The summed E-state index contributed by atoms with van der Waals surface area (Å²) < 4.78 is 0. The number of para-hydroxylation sites is 1. The number of amides is 3. The van der Waals surface area contributed by atoms with Crippen molar-refractivity contribution in [3.63, 3.8) is 0 Å². The van der Waals surface area contributed by atoms with Gasteiger partial charge in [0.15, 0.2) is 0 Å². The first-order chi connectivity index (χ1) is 10.1. The van der Waals surface area contributed by atoms with Crippen molar-refractivity contribution in [3.8, 4) is 0 Å². The van der Waals surface area contributed by atoms with E-state index >= 15 is 0 Å². The van der Waals surface area contributed by atoms with Gasteiger partial charge in [-0.15, -0.1) is 0 Å². The lowest BCUT2D eigenvalue weighted by molar-refractivity contribution is 0.0861. The van der Waals surface area contributed by atoms with Gasteiger partial charge in [-0.05, 0) is 30.7 Å². The van der Waals surface area contributed by atoms with Gasteiger partial charge in [0.2, 0.25) is 0 Å². The van der Waals surface area contributed by atoms with Gasteiger partial charge >= 0.3 is 6.03 Å². The van der Waals surface area contributed by atoms with E-state index in [1.807, 2.05) is 37.3 Å². The second kappa shape index (κ2) is 6.56. The molecule has 0 radical (unpaired) electrons. The fraction of sp³-hybridized carbons (Fsp3) is 0.125. The number of hydrogen-bond donors (Lipinski definition) is 2. The number of aryl methyl sites for hydroxylation is 1. The van der Waals surface area contributed by atoms with E-state index in [2.05, 4.69) is 10.7 Å². The molecule has 3 amide bonds. The fourth-order valence-corrected chi connectivity index (χ4v) is 1.82. The molecule has 0 bridgehead atoms. The van der Waals surface area contributed by atoms with E-state index in [0.29, 0.717) is 11.3 Å². The SMILES string of the molecule is Cc1ccccc1C(=O)NN(C)C(=O)Nc1ccccc1. The molecular weight excluding hydrogens is 266 g/mol. The second-order valence-corrected chi connectivity index (χ2v) is 4.61. The number of urea groups is 1. The summed E-state index contributed by atoms with van der Waals surface area (Å²) >= 11 is 0. The Bertz CT molecular complexity index is 641. The summed E-state index contributed by atoms with van der Waals surface area (Å²) in [5, 5.41) is 3.81. The molecular formula is C16H17N3O2. The summed E-state index contributed by atoms with van der Waals surface area (Å²) in [6, 6.07) is 15.8. The quantitative estimate of drug-likeness (QED) is 0.832. The highest BCUT2D eigenvalue weighted by Crippen LogP contribution is 2.08. The molecule has 21 heavy (non-hydrogen) atoms. The largest absolute Gasteiger partial charge is 0.340 e. The Morgan fingerprint density at radius 1 is 0.952 bits per heavy atom. The second-order valence-electron chi connectivity index (χ2n) is 4.61. The van der Waals surface area contributed by atoms with Crippen LogP contribution in [0.4, 0.5) is 10.5 Å². The third-order valence-electron chi connectivity index (χ3n) is 2.99. The van der Waals surface area contributed by atoms with E-state index in [9.17, 15) is 9.59 Å². The first kappa shape index (κ1) is 14.6. The lowest BCUT2D eigenvalue weighted by Crippen LogP contribution is -2.45. The highest BCUT2D eigenvalue weighted by Gasteiger charge is 2.14. The first-order valence-electron chi connectivity index (χ1n) is 6.54. The molecule has 0 saturated heterocycles. The molecule has 5 nitrogen and oxygen atoms in total. The summed E-state index contributed by atoms with van der Waals surface area (Å²) in [7, 11) is 1.49. The number of benzene rings is 2. The van der Waals surface area contributed by atoms with Gasteiger partial charge in [-0.1, -0.05) is 36.4 Å². The van der Waals surface area contributed by atoms with Crippen LogP contribution >= 0.6 is 0 Å². The number of anilines is 1. The third kappa shape index (κ3) is 3.82. The average molecular weight is 283 g/mol. The van der Waals surface area contributed by atoms with Gasteiger partial charge in [-0.2, -0.15) is 0 Å². The zero-order chi connectivity index (χ0) is 15.2. The number of nitrogens with one attached hydrogen (secondary N) is 2. The Hall–Kier alpha value is -2.82. The molecule has 0 aliphatic heterocycles. The minimum absolute atomic E-state index is 0.321. The molecule has 2 aromatic carbocycles. The normalized spacial score (nSPS) is 9.81. The molecule has 0 aliphatic rings. The lowest BCUT2D eigenvalue weighted by atomic mass is 10.1. The maximum Gasteiger partial charge on any atom is 0.340 e. The predicted octanol–water partition coefficient (Wildman–Crippen LogP) is 2.80. The van der Waals surface area contributed by atoms with Gasteiger partial charge in [0, 0.05) is 18.3 Å². The molecule has 0 heterocycles. The molecule has 0 unspecified atom stereocenters. The Morgan fingerprint density at radius 2 is 1.57 bits per heavy atom. The Labute approximate surface area is 123 Å². The molecule has 5 heteroatoms. The van der Waals surface area contributed by atoms with E-state index in [0.717, 1.165) is 10.6 Å². The minimum Gasteiger partial charge on any atom is -0.306 e.